The van der Waals surface area contributed by atoms with Gasteiger partial charge in [0.2, 0.25) is 0 Å². The minimum atomic E-state index is -0.613. The van der Waals surface area contributed by atoms with Crippen molar-refractivity contribution in [2.45, 2.75) is 6.92 Å². The lowest BCUT2D eigenvalue weighted by molar-refractivity contribution is -0.384. The molecule has 0 unspecified atom stereocenters. The summed E-state index contributed by atoms with van der Waals surface area (Å²) < 4.78 is 6.57. The normalized spacial score (nSPS) is 11.0. The zero-order chi connectivity index (χ0) is 24.8. The van der Waals surface area contributed by atoms with Gasteiger partial charge in [-0.25, -0.2) is 0 Å². The number of aryl methyl sites for hydroxylation is 1. The number of rotatable bonds is 7. The molecule has 0 aromatic heterocycles. The average molecular weight is 589 g/mol. The molecule has 8 nitrogen and oxygen atoms in total. The van der Waals surface area contributed by atoms with E-state index in [0.717, 1.165) is 5.56 Å². The Bertz CT molecular complexity index is 1310. The van der Waals surface area contributed by atoms with E-state index in [9.17, 15) is 19.7 Å². The fourth-order valence-electron chi connectivity index (χ4n) is 3.01. The van der Waals surface area contributed by atoms with Gasteiger partial charge in [0.05, 0.1) is 23.3 Å². The van der Waals surface area contributed by atoms with Crippen molar-refractivity contribution in [2.24, 2.45) is 0 Å². The van der Waals surface area contributed by atoms with E-state index in [0.29, 0.717) is 25.9 Å². The van der Waals surface area contributed by atoms with E-state index in [-0.39, 0.29) is 16.9 Å². The van der Waals surface area contributed by atoms with Crippen LogP contribution in [0, 0.1) is 17.0 Å². The van der Waals surface area contributed by atoms with Crippen molar-refractivity contribution in [2.75, 3.05) is 12.4 Å². The number of benzene rings is 3. The van der Waals surface area contributed by atoms with Gasteiger partial charge in [0.25, 0.3) is 17.5 Å². The predicted octanol–water partition coefficient (Wildman–Crippen LogP) is 5.85. The SMILES string of the molecule is COc1ccc(Br)cc1C(=O)N/C(=C\c1cccc([N+](=O)[O-])c1)C(=O)Nc1ccc(C)cc1Br. The van der Waals surface area contributed by atoms with Gasteiger partial charge in [0, 0.05) is 21.1 Å². The fraction of sp³-hybridized carbons (Fsp3) is 0.0833. The molecule has 2 N–H and O–H groups in total. The van der Waals surface area contributed by atoms with Crippen molar-refractivity contribution in [1.82, 2.24) is 5.32 Å². The van der Waals surface area contributed by atoms with E-state index in [1.807, 2.05) is 19.1 Å². The molecule has 3 aromatic rings. The highest BCUT2D eigenvalue weighted by molar-refractivity contribution is 9.10. The molecule has 2 amide bonds. The highest BCUT2D eigenvalue weighted by Gasteiger charge is 2.19. The second kappa shape index (κ2) is 11.1. The number of nitrogens with zero attached hydrogens (tertiary/aromatic N) is 1. The number of hydrogen-bond donors (Lipinski definition) is 2. The number of non-ortho nitro benzene ring substituents is 1. The van der Waals surface area contributed by atoms with Crippen LogP contribution in [0.15, 0.2) is 75.3 Å². The minimum absolute atomic E-state index is 0.111. The number of amides is 2. The van der Waals surface area contributed by atoms with E-state index in [1.54, 1.807) is 30.3 Å². The lowest BCUT2D eigenvalue weighted by Crippen LogP contribution is -2.31. The zero-order valence-electron chi connectivity index (χ0n) is 18.1. The van der Waals surface area contributed by atoms with Crippen molar-refractivity contribution in [3.8, 4) is 5.75 Å². The minimum Gasteiger partial charge on any atom is -0.496 e. The summed E-state index contributed by atoms with van der Waals surface area (Å²) in [5, 5.41) is 16.5. The van der Waals surface area contributed by atoms with Crippen LogP contribution in [0.4, 0.5) is 11.4 Å². The highest BCUT2D eigenvalue weighted by Crippen LogP contribution is 2.26. The lowest BCUT2D eigenvalue weighted by Gasteiger charge is -2.14. The fourth-order valence-corrected chi connectivity index (χ4v) is 3.97. The Labute approximate surface area is 212 Å². The molecule has 10 heteroatoms. The first-order chi connectivity index (χ1) is 16.2. The van der Waals surface area contributed by atoms with Gasteiger partial charge in [-0.15, -0.1) is 0 Å². The third kappa shape index (κ3) is 6.30. The topological polar surface area (TPSA) is 111 Å². The summed E-state index contributed by atoms with van der Waals surface area (Å²) in [5.41, 5.74) is 1.80. The maximum Gasteiger partial charge on any atom is 0.272 e. The number of carbonyl (C=O) groups is 2. The Balaban J connectivity index is 2.00. The molecule has 0 atom stereocenters. The molecule has 0 saturated heterocycles. The van der Waals surface area contributed by atoms with E-state index in [2.05, 4.69) is 42.5 Å². The molecule has 0 bridgehead atoms. The number of carbonyl (C=O) groups excluding carboxylic acids is 2. The molecule has 3 rings (SSSR count). The van der Waals surface area contributed by atoms with Crippen molar-refractivity contribution in [3.05, 3.63) is 102 Å². The number of methoxy groups -OCH3 is 1. The first kappa shape index (κ1) is 25.1. The first-order valence-corrected chi connectivity index (χ1v) is 11.4. The van der Waals surface area contributed by atoms with Gasteiger partial charge in [0.1, 0.15) is 11.4 Å². The Morgan fingerprint density at radius 2 is 1.82 bits per heavy atom. The number of anilines is 1. The van der Waals surface area contributed by atoms with Crippen LogP contribution < -0.4 is 15.4 Å². The number of nitro benzene ring substituents is 1. The van der Waals surface area contributed by atoms with Crippen molar-refractivity contribution in [3.63, 3.8) is 0 Å². The van der Waals surface area contributed by atoms with Crippen LogP contribution in [0.1, 0.15) is 21.5 Å². The quantitative estimate of drug-likeness (QED) is 0.204. The Kier molecular flexibility index (Phi) is 8.19. The van der Waals surface area contributed by atoms with Gasteiger partial charge < -0.3 is 15.4 Å². The molecule has 0 aliphatic rings. The van der Waals surface area contributed by atoms with Gasteiger partial charge in [-0.05, 0) is 70.4 Å². The second-order valence-corrected chi connectivity index (χ2v) is 8.92. The van der Waals surface area contributed by atoms with Crippen molar-refractivity contribution >= 4 is 61.1 Å². The van der Waals surface area contributed by atoms with Gasteiger partial charge in [-0.3, -0.25) is 19.7 Å². The van der Waals surface area contributed by atoms with Gasteiger partial charge in [0.15, 0.2) is 0 Å². The van der Waals surface area contributed by atoms with Crippen LogP contribution in [0.3, 0.4) is 0 Å². The number of halogens is 2. The number of nitrogens with one attached hydrogen (secondary N) is 2. The van der Waals surface area contributed by atoms with Gasteiger partial charge in [-0.2, -0.15) is 0 Å². The van der Waals surface area contributed by atoms with Crippen LogP contribution in [0.25, 0.3) is 6.08 Å². The zero-order valence-corrected chi connectivity index (χ0v) is 21.3. The Hall–Kier alpha value is -3.50. The molecule has 0 radical (unpaired) electrons. The first-order valence-electron chi connectivity index (χ1n) is 9.86. The molecule has 34 heavy (non-hydrogen) atoms. The van der Waals surface area contributed by atoms with Crippen molar-refractivity contribution in [1.29, 1.82) is 0 Å². The van der Waals surface area contributed by atoms with E-state index >= 15 is 0 Å². The van der Waals surface area contributed by atoms with E-state index < -0.39 is 16.7 Å². The van der Waals surface area contributed by atoms with E-state index in [4.69, 9.17) is 4.74 Å². The average Bonchev–Trinajstić information content (AvgIpc) is 2.80. The molecule has 0 aliphatic heterocycles. The second-order valence-electron chi connectivity index (χ2n) is 7.15. The Morgan fingerprint density at radius 1 is 1.06 bits per heavy atom. The van der Waals surface area contributed by atoms with Crippen LogP contribution in [0.5, 0.6) is 5.75 Å². The number of hydrogen-bond acceptors (Lipinski definition) is 5. The largest absolute Gasteiger partial charge is 0.496 e. The standard InChI is InChI=1S/C24H19Br2N3O5/c1-14-6-8-20(19(26)10-14)27-24(31)21(12-15-4-3-5-17(11-15)29(32)33)28-23(30)18-13-16(25)7-9-22(18)34-2/h3-13H,1-2H3,(H,27,31)(H,28,30)/b21-12-. The van der Waals surface area contributed by atoms with Gasteiger partial charge in [-0.1, -0.05) is 34.1 Å². The molecular formula is C24H19Br2N3O5. The lowest BCUT2D eigenvalue weighted by atomic mass is 10.1. The third-order valence-corrected chi connectivity index (χ3v) is 5.81. The van der Waals surface area contributed by atoms with Crippen LogP contribution >= 0.6 is 31.9 Å². The molecule has 0 saturated carbocycles. The molecule has 3 aromatic carbocycles. The molecule has 0 heterocycles. The molecule has 0 spiro atoms. The summed E-state index contributed by atoms with van der Waals surface area (Å²) in [6, 6.07) is 16.0. The van der Waals surface area contributed by atoms with Crippen LogP contribution in [-0.4, -0.2) is 23.8 Å². The number of nitro groups is 1. The maximum absolute atomic E-state index is 13.2. The molecular weight excluding hydrogens is 570 g/mol. The van der Waals surface area contributed by atoms with Gasteiger partial charge >= 0.3 is 0 Å². The summed E-state index contributed by atoms with van der Waals surface area (Å²) >= 11 is 6.74. The van der Waals surface area contributed by atoms with Crippen LogP contribution in [-0.2, 0) is 4.79 Å². The van der Waals surface area contributed by atoms with Crippen molar-refractivity contribution < 1.29 is 19.2 Å². The highest BCUT2D eigenvalue weighted by atomic mass is 79.9. The predicted molar refractivity (Wildman–Crippen MR) is 137 cm³/mol. The summed E-state index contributed by atoms with van der Waals surface area (Å²) in [6.07, 6.45) is 1.37. The Morgan fingerprint density at radius 3 is 2.50 bits per heavy atom. The molecule has 0 fully saturated rings. The van der Waals surface area contributed by atoms with Crippen LogP contribution in [0.2, 0.25) is 0 Å². The summed E-state index contributed by atoms with van der Waals surface area (Å²) in [5.74, 6) is -0.886. The summed E-state index contributed by atoms with van der Waals surface area (Å²) in [7, 11) is 1.43. The monoisotopic (exact) mass is 587 g/mol. The van der Waals surface area contributed by atoms with E-state index in [1.165, 1.54) is 31.4 Å². The summed E-state index contributed by atoms with van der Waals surface area (Å²) in [4.78, 5) is 36.9. The summed E-state index contributed by atoms with van der Waals surface area (Å²) in [6.45, 7) is 1.91. The molecule has 174 valence electrons. The third-order valence-electron chi connectivity index (χ3n) is 4.66. The number of ether oxygens (including phenoxy) is 1. The smallest absolute Gasteiger partial charge is 0.272 e. The maximum atomic E-state index is 13.2. The molecule has 0 aliphatic carbocycles.